The minimum absolute atomic E-state index is 0.0186. The van der Waals surface area contributed by atoms with Crippen molar-refractivity contribution in [2.45, 2.75) is 44.3 Å². The van der Waals surface area contributed by atoms with E-state index in [1.165, 1.54) is 22.9 Å². The second-order valence-corrected chi connectivity index (χ2v) is 9.22. The molecule has 31 heavy (non-hydrogen) atoms. The highest BCUT2D eigenvalue weighted by atomic mass is 32.2. The van der Waals surface area contributed by atoms with Crippen molar-refractivity contribution in [3.8, 4) is 11.4 Å². The van der Waals surface area contributed by atoms with E-state index >= 15 is 0 Å². The maximum absolute atomic E-state index is 12.3. The number of thioether (sulfide) groups is 1. The summed E-state index contributed by atoms with van der Waals surface area (Å²) in [5.41, 5.74) is 3.60. The normalized spacial score (nSPS) is 11.3. The van der Waals surface area contributed by atoms with Crippen LogP contribution < -0.4 is 5.32 Å². The molecule has 2 aromatic heterocycles. The van der Waals surface area contributed by atoms with E-state index in [2.05, 4.69) is 72.1 Å². The fourth-order valence-corrected chi connectivity index (χ4v) is 3.88. The summed E-state index contributed by atoms with van der Waals surface area (Å²) in [5, 5.41) is 12.2. The summed E-state index contributed by atoms with van der Waals surface area (Å²) in [6, 6.07) is 12.4. The van der Waals surface area contributed by atoms with Crippen molar-refractivity contribution < 1.29 is 4.79 Å². The largest absolute Gasteiger partial charge is 0.355 e. The fraction of sp³-hybridized carbons (Fsp3) is 0.333. The third-order valence-corrected chi connectivity index (χ3v) is 5.82. The highest BCUT2D eigenvalue weighted by molar-refractivity contribution is 7.99. The summed E-state index contributed by atoms with van der Waals surface area (Å²) < 4.78 is 1.96. The molecule has 162 valence electrons. The van der Waals surface area contributed by atoms with Crippen LogP contribution in [-0.4, -0.2) is 38.0 Å². The lowest BCUT2D eigenvalue weighted by Gasteiger charge is -2.19. The van der Waals surface area contributed by atoms with Crippen LogP contribution in [0.3, 0.4) is 0 Å². The molecular weight excluding hydrogens is 406 g/mol. The lowest BCUT2D eigenvalue weighted by molar-refractivity contribution is -0.118. The minimum Gasteiger partial charge on any atom is -0.355 e. The zero-order valence-corrected chi connectivity index (χ0v) is 19.2. The number of carbonyl (C=O) groups excluding carboxylic acids is 1. The second-order valence-electron chi connectivity index (χ2n) is 8.28. The number of rotatable bonds is 9. The summed E-state index contributed by atoms with van der Waals surface area (Å²) in [4.78, 5) is 16.4. The number of allylic oxidation sites excluding steroid dienone is 1. The second kappa shape index (κ2) is 10.4. The Hall–Kier alpha value is -2.93. The van der Waals surface area contributed by atoms with Gasteiger partial charge >= 0.3 is 0 Å². The number of pyridine rings is 1. The SMILES string of the molecule is C=CCn1c(SCC(=O)NCCc2ccc(C(C)(C)C)cc2)nnc1-c1ccncc1. The molecule has 0 atom stereocenters. The van der Waals surface area contributed by atoms with Gasteiger partial charge in [0.1, 0.15) is 0 Å². The van der Waals surface area contributed by atoms with Crippen LogP contribution in [0.15, 0.2) is 66.6 Å². The van der Waals surface area contributed by atoms with Gasteiger partial charge in [0.2, 0.25) is 5.91 Å². The van der Waals surface area contributed by atoms with Crippen molar-refractivity contribution in [1.82, 2.24) is 25.1 Å². The smallest absolute Gasteiger partial charge is 0.230 e. The van der Waals surface area contributed by atoms with Crippen LogP contribution in [0.4, 0.5) is 0 Å². The van der Waals surface area contributed by atoms with Gasteiger partial charge in [-0.25, -0.2) is 0 Å². The molecule has 0 aliphatic heterocycles. The molecule has 1 amide bonds. The number of hydrogen-bond acceptors (Lipinski definition) is 5. The standard InChI is InChI=1S/C24H29N5OS/c1-5-16-29-22(19-11-13-25-14-12-19)27-28-23(29)31-17-21(30)26-15-10-18-6-8-20(9-7-18)24(2,3)4/h5-9,11-14H,1,10,15-17H2,2-4H3,(H,26,30). The maximum atomic E-state index is 12.3. The first-order valence-electron chi connectivity index (χ1n) is 10.3. The minimum atomic E-state index is -0.0186. The molecule has 0 aliphatic carbocycles. The molecule has 0 fully saturated rings. The summed E-state index contributed by atoms with van der Waals surface area (Å²) in [7, 11) is 0. The van der Waals surface area contributed by atoms with Crippen LogP contribution in [0.1, 0.15) is 31.9 Å². The molecule has 0 saturated heterocycles. The first-order valence-corrected chi connectivity index (χ1v) is 11.3. The molecule has 0 bridgehead atoms. The van der Waals surface area contributed by atoms with Gasteiger partial charge in [0, 0.05) is 31.0 Å². The van der Waals surface area contributed by atoms with Crippen LogP contribution in [0, 0.1) is 0 Å². The van der Waals surface area contributed by atoms with Crippen LogP contribution in [0.25, 0.3) is 11.4 Å². The third kappa shape index (κ3) is 6.28. The summed E-state index contributed by atoms with van der Waals surface area (Å²) >= 11 is 1.38. The molecule has 6 nitrogen and oxygen atoms in total. The molecule has 0 unspecified atom stereocenters. The lowest BCUT2D eigenvalue weighted by atomic mass is 9.86. The molecule has 3 aromatic rings. The Morgan fingerprint density at radius 3 is 2.48 bits per heavy atom. The molecule has 0 saturated carbocycles. The zero-order chi connectivity index (χ0) is 22.3. The van der Waals surface area contributed by atoms with Crippen molar-refractivity contribution in [3.05, 3.63) is 72.6 Å². The van der Waals surface area contributed by atoms with Crippen molar-refractivity contribution in [3.63, 3.8) is 0 Å². The van der Waals surface area contributed by atoms with E-state index < -0.39 is 0 Å². The van der Waals surface area contributed by atoms with Crippen molar-refractivity contribution in [1.29, 1.82) is 0 Å². The van der Waals surface area contributed by atoms with Gasteiger partial charge in [-0.05, 0) is 35.1 Å². The number of nitrogens with zero attached hydrogens (tertiary/aromatic N) is 4. The van der Waals surface area contributed by atoms with Crippen LogP contribution in [0.5, 0.6) is 0 Å². The van der Waals surface area contributed by atoms with Gasteiger partial charge in [-0.3, -0.25) is 14.3 Å². The lowest BCUT2D eigenvalue weighted by Crippen LogP contribution is -2.27. The summed E-state index contributed by atoms with van der Waals surface area (Å²) in [6.45, 7) is 11.6. The average Bonchev–Trinajstić information content (AvgIpc) is 3.15. The van der Waals surface area contributed by atoms with Gasteiger partial charge in [-0.2, -0.15) is 0 Å². The molecule has 1 N–H and O–H groups in total. The van der Waals surface area contributed by atoms with Gasteiger partial charge in [0.05, 0.1) is 5.75 Å². The maximum Gasteiger partial charge on any atom is 0.230 e. The highest BCUT2D eigenvalue weighted by Gasteiger charge is 2.15. The molecule has 7 heteroatoms. The Balaban J connectivity index is 1.52. The Bertz CT molecular complexity index is 1010. The van der Waals surface area contributed by atoms with Gasteiger partial charge in [-0.15, -0.1) is 16.8 Å². The van der Waals surface area contributed by atoms with E-state index in [-0.39, 0.29) is 17.1 Å². The van der Waals surface area contributed by atoms with Gasteiger partial charge in [-0.1, -0.05) is 62.9 Å². The van der Waals surface area contributed by atoms with Crippen molar-refractivity contribution in [2.24, 2.45) is 0 Å². The zero-order valence-electron chi connectivity index (χ0n) is 18.3. The molecule has 1 aromatic carbocycles. The van der Waals surface area contributed by atoms with Gasteiger partial charge in [0.25, 0.3) is 0 Å². The van der Waals surface area contributed by atoms with Crippen molar-refractivity contribution in [2.75, 3.05) is 12.3 Å². The Labute approximate surface area is 188 Å². The summed E-state index contributed by atoms with van der Waals surface area (Å²) in [6.07, 6.45) is 6.04. The number of benzene rings is 1. The van der Waals surface area contributed by atoms with Crippen molar-refractivity contribution >= 4 is 17.7 Å². The third-order valence-electron chi connectivity index (χ3n) is 4.86. The fourth-order valence-electron chi connectivity index (χ4n) is 3.10. The molecule has 0 spiro atoms. The van der Waals surface area contributed by atoms with Crippen LogP contribution >= 0.6 is 11.8 Å². The van der Waals surface area contributed by atoms with Gasteiger partial charge in [0.15, 0.2) is 11.0 Å². The quantitative estimate of drug-likeness (QED) is 0.401. The molecule has 0 aliphatic rings. The van der Waals surface area contributed by atoms with Crippen LogP contribution in [0.2, 0.25) is 0 Å². The number of aromatic nitrogens is 4. The summed E-state index contributed by atoms with van der Waals surface area (Å²) in [5.74, 6) is 1.01. The number of nitrogens with one attached hydrogen (secondary N) is 1. The topological polar surface area (TPSA) is 72.7 Å². The first kappa shape index (κ1) is 22.7. The predicted molar refractivity (Wildman–Crippen MR) is 126 cm³/mol. The van der Waals surface area contributed by atoms with E-state index in [0.717, 1.165) is 17.8 Å². The first-order chi connectivity index (χ1) is 14.9. The average molecular weight is 436 g/mol. The van der Waals surface area contributed by atoms with E-state index in [1.807, 2.05) is 16.7 Å². The van der Waals surface area contributed by atoms with E-state index in [9.17, 15) is 4.79 Å². The Morgan fingerprint density at radius 2 is 1.84 bits per heavy atom. The number of amides is 1. The van der Waals surface area contributed by atoms with E-state index in [4.69, 9.17) is 0 Å². The van der Waals surface area contributed by atoms with Gasteiger partial charge < -0.3 is 5.32 Å². The monoisotopic (exact) mass is 435 g/mol. The van der Waals surface area contributed by atoms with E-state index in [0.29, 0.717) is 18.2 Å². The van der Waals surface area contributed by atoms with Crippen LogP contribution in [-0.2, 0) is 23.2 Å². The Morgan fingerprint density at radius 1 is 1.13 bits per heavy atom. The Kier molecular flexibility index (Phi) is 7.63. The molecule has 2 heterocycles. The molecular formula is C24H29N5OS. The van der Waals surface area contributed by atoms with E-state index in [1.54, 1.807) is 18.5 Å². The molecule has 3 rings (SSSR count). The predicted octanol–water partition coefficient (Wildman–Crippen LogP) is 4.27. The number of carbonyl (C=O) groups is 1. The highest BCUT2D eigenvalue weighted by Crippen LogP contribution is 2.24. The molecule has 0 radical (unpaired) electrons. The number of hydrogen-bond donors (Lipinski definition) is 1.